The number of hydrogen-bond acceptors (Lipinski definition) is 5. The second-order valence-corrected chi connectivity index (χ2v) is 9.99. The summed E-state index contributed by atoms with van der Waals surface area (Å²) in [6.07, 6.45) is 0. The topological polar surface area (TPSA) is 52.6 Å². The van der Waals surface area contributed by atoms with Gasteiger partial charge in [-0.1, -0.05) is 45.0 Å². The van der Waals surface area contributed by atoms with Crippen molar-refractivity contribution >= 4 is 45.8 Å². The average Bonchev–Trinajstić information content (AvgIpc) is 3.35. The minimum Gasteiger partial charge on any atom is -0.378 e. The Morgan fingerprint density at radius 2 is 1.62 bits per heavy atom. The van der Waals surface area contributed by atoms with Crippen molar-refractivity contribution in [2.24, 2.45) is 0 Å². The monoisotopic (exact) mass is 445 g/mol. The Hall–Kier alpha value is -3.38. The lowest BCUT2D eigenvalue weighted by Crippen LogP contribution is -2.32. The van der Waals surface area contributed by atoms with Crippen molar-refractivity contribution in [1.29, 1.82) is 0 Å². The quantitative estimate of drug-likeness (QED) is 0.526. The Balaban J connectivity index is 1.74. The van der Waals surface area contributed by atoms with Crippen LogP contribution in [0.5, 0.6) is 0 Å². The fraction of sp³-hybridized carbons (Fsp3) is 0.231. The normalized spacial score (nSPS) is 14.3. The van der Waals surface area contributed by atoms with E-state index < -0.39 is 0 Å². The van der Waals surface area contributed by atoms with Crippen LogP contribution in [0.2, 0.25) is 0 Å². The van der Waals surface area contributed by atoms with E-state index in [9.17, 15) is 9.59 Å². The number of carbonyl (C=O) groups excluding carboxylic acids is 2. The maximum Gasteiger partial charge on any atom is 0.282 e. The summed E-state index contributed by atoms with van der Waals surface area (Å²) in [6, 6.07) is 19.2. The number of carbonyl (C=O) groups is 2. The number of amides is 2. The third-order valence-corrected chi connectivity index (χ3v) is 6.36. The predicted octanol–water partition coefficient (Wildman–Crippen LogP) is 5.51. The first kappa shape index (κ1) is 21.8. The molecule has 1 aliphatic rings. The molecule has 0 fully saturated rings. The largest absolute Gasteiger partial charge is 0.378 e. The molecule has 4 rings (SSSR count). The number of rotatable bonds is 5. The molecule has 0 saturated heterocycles. The Morgan fingerprint density at radius 1 is 0.906 bits per heavy atom. The van der Waals surface area contributed by atoms with Crippen molar-refractivity contribution in [3.63, 3.8) is 0 Å². The molecule has 3 aromatic rings. The van der Waals surface area contributed by atoms with Gasteiger partial charge < -0.3 is 10.2 Å². The molecule has 32 heavy (non-hydrogen) atoms. The minimum atomic E-state index is -0.353. The summed E-state index contributed by atoms with van der Waals surface area (Å²) in [7, 11) is 3.85. The first-order valence-electron chi connectivity index (χ1n) is 10.5. The van der Waals surface area contributed by atoms with E-state index in [4.69, 9.17) is 0 Å². The van der Waals surface area contributed by atoms with Gasteiger partial charge in [0.2, 0.25) is 0 Å². The van der Waals surface area contributed by atoms with Crippen LogP contribution in [-0.2, 0) is 15.0 Å². The van der Waals surface area contributed by atoms with Gasteiger partial charge in [0.1, 0.15) is 5.70 Å². The maximum absolute atomic E-state index is 13.5. The Kier molecular flexibility index (Phi) is 5.65. The van der Waals surface area contributed by atoms with Gasteiger partial charge in [0.05, 0.1) is 11.3 Å². The lowest BCUT2D eigenvalue weighted by Gasteiger charge is -2.20. The standard InChI is InChI=1S/C26H27N3O2S/c1-26(2,3)17-11-13-18(14-12-17)27-23-22(21-10-7-15-32-21)24(30)29(25(23)31)20-9-6-8-19(16-20)28(4)5/h6-16,27H,1-5H3. The van der Waals surface area contributed by atoms with Crippen molar-refractivity contribution in [3.8, 4) is 0 Å². The number of imide groups is 1. The van der Waals surface area contributed by atoms with Crippen molar-refractivity contribution < 1.29 is 9.59 Å². The lowest BCUT2D eigenvalue weighted by atomic mass is 9.87. The van der Waals surface area contributed by atoms with Crippen LogP contribution in [0.3, 0.4) is 0 Å². The van der Waals surface area contributed by atoms with Gasteiger partial charge in [-0.25, -0.2) is 4.90 Å². The number of nitrogens with zero attached hydrogens (tertiary/aromatic N) is 2. The van der Waals surface area contributed by atoms with Crippen LogP contribution in [0.15, 0.2) is 71.7 Å². The number of benzene rings is 2. The molecule has 1 aromatic heterocycles. The van der Waals surface area contributed by atoms with Crippen LogP contribution < -0.4 is 15.1 Å². The molecule has 6 heteroatoms. The van der Waals surface area contributed by atoms with Gasteiger partial charge in [-0.2, -0.15) is 0 Å². The van der Waals surface area contributed by atoms with Crippen molar-refractivity contribution in [2.75, 3.05) is 29.2 Å². The molecular formula is C26H27N3O2S. The van der Waals surface area contributed by atoms with Crippen molar-refractivity contribution in [3.05, 3.63) is 82.2 Å². The SMILES string of the molecule is CN(C)c1cccc(N2C(=O)C(Nc3ccc(C(C)(C)C)cc3)=C(c3cccs3)C2=O)c1. The molecule has 0 unspecified atom stereocenters. The first-order valence-corrected chi connectivity index (χ1v) is 11.4. The molecule has 0 saturated carbocycles. The average molecular weight is 446 g/mol. The summed E-state index contributed by atoms with van der Waals surface area (Å²) < 4.78 is 0. The molecule has 2 amide bonds. The van der Waals surface area contributed by atoms with Gasteiger partial charge in [-0.15, -0.1) is 11.3 Å². The third-order valence-electron chi connectivity index (χ3n) is 5.48. The van der Waals surface area contributed by atoms with Crippen LogP contribution in [0.25, 0.3) is 5.57 Å². The molecule has 0 aliphatic carbocycles. The molecule has 1 N–H and O–H groups in total. The van der Waals surface area contributed by atoms with E-state index in [0.717, 1.165) is 16.3 Å². The molecule has 164 valence electrons. The summed E-state index contributed by atoms with van der Waals surface area (Å²) in [5.74, 6) is -0.670. The minimum absolute atomic E-state index is 0.0350. The van der Waals surface area contributed by atoms with Crippen LogP contribution in [0.4, 0.5) is 17.1 Å². The highest BCUT2D eigenvalue weighted by Crippen LogP contribution is 2.36. The zero-order valence-corrected chi connectivity index (χ0v) is 19.8. The summed E-state index contributed by atoms with van der Waals surface area (Å²) in [6.45, 7) is 6.48. The first-order chi connectivity index (χ1) is 15.2. The van der Waals surface area contributed by atoms with Crippen molar-refractivity contribution in [2.45, 2.75) is 26.2 Å². The molecule has 0 bridgehead atoms. The van der Waals surface area contributed by atoms with E-state index in [1.807, 2.05) is 79.0 Å². The maximum atomic E-state index is 13.5. The zero-order chi connectivity index (χ0) is 23.0. The highest BCUT2D eigenvalue weighted by Gasteiger charge is 2.40. The molecule has 0 radical (unpaired) electrons. The molecule has 2 heterocycles. The number of hydrogen-bond donors (Lipinski definition) is 1. The summed E-state index contributed by atoms with van der Waals surface area (Å²) in [5.41, 5.74) is 4.18. The van der Waals surface area contributed by atoms with Gasteiger partial charge in [0.15, 0.2) is 0 Å². The van der Waals surface area contributed by atoms with E-state index in [2.05, 4.69) is 26.1 Å². The Bertz CT molecular complexity index is 1190. The molecule has 0 spiro atoms. The zero-order valence-electron chi connectivity index (χ0n) is 19.0. The van der Waals surface area contributed by atoms with Crippen LogP contribution >= 0.6 is 11.3 Å². The number of anilines is 3. The van der Waals surface area contributed by atoms with E-state index >= 15 is 0 Å². The van der Waals surface area contributed by atoms with Crippen LogP contribution in [0, 0.1) is 0 Å². The van der Waals surface area contributed by atoms with Gasteiger partial charge in [-0.3, -0.25) is 9.59 Å². The van der Waals surface area contributed by atoms with E-state index in [-0.39, 0.29) is 17.2 Å². The number of nitrogens with one attached hydrogen (secondary N) is 1. The third kappa shape index (κ3) is 4.06. The van der Waals surface area contributed by atoms with E-state index in [1.54, 1.807) is 6.07 Å². The molecule has 1 aliphatic heterocycles. The fourth-order valence-electron chi connectivity index (χ4n) is 3.64. The highest BCUT2D eigenvalue weighted by molar-refractivity contribution is 7.11. The Labute approximate surface area is 193 Å². The lowest BCUT2D eigenvalue weighted by molar-refractivity contribution is -0.120. The molecule has 5 nitrogen and oxygen atoms in total. The summed E-state index contributed by atoms with van der Waals surface area (Å²) >= 11 is 1.45. The van der Waals surface area contributed by atoms with Gasteiger partial charge in [0.25, 0.3) is 11.8 Å². The van der Waals surface area contributed by atoms with E-state index in [1.165, 1.54) is 21.8 Å². The predicted molar refractivity (Wildman–Crippen MR) is 133 cm³/mol. The second kappa shape index (κ2) is 8.28. The second-order valence-electron chi connectivity index (χ2n) is 9.04. The summed E-state index contributed by atoms with van der Waals surface area (Å²) in [4.78, 5) is 31.0. The van der Waals surface area contributed by atoms with Gasteiger partial charge in [-0.05, 0) is 52.8 Å². The smallest absolute Gasteiger partial charge is 0.282 e. The highest BCUT2D eigenvalue weighted by atomic mass is 32.1. The fourth-order valence-corrected chi connectivity index (χ4v) is 4.41. The summed E-state index contributed by atoms with van der Waals surface area (Å²) in [5, 5.41) is 5.15. The van der Waals surface area contributed by atoms with E-state index in [0.29, 0.717) is 17.0 Å². The van der Waals surface area contributed by atoms with Gasteiger partial charge >= 0.3 is 0 Å². The van der Waals surface area contributed by atoms with Crippen LogP contribution in [-0.4, -0.2) is 25.9 Å². The molecular weight excluding hydrogens is 418 g/mol. The van der Waals surface area contributed by atoms with Crippen molar-refractivity contribution in [1.82, 2.24) is 0 Å². The number of thiophene rings is 1. The Morgan fingerprint density at radius 3 is 2.22 bits per heavy atom. The van der Waals surface area contributed by atoms with Gasteiger partial charge in [0, 0.05) is 30.3 Å². The van der Waals surface area contributed by atoms with Crippen LogP contribution in [0.1, 0.15) is 31.2 Å². The molecule has 0 atom stereocenters. The molecule has 2 aromatic carbocycles.